The number of piperidine rings is 1. The van der Waals surface area contributed by atoms with Crippen LogP contribution < -0.4 is 5.32 Å². The molecule has 2 aliphatic rings. The van der Waals surface area contributed by atoms with Gasteiger partial charge in [0, 0.05) is 18.0 Å². The van der Waals surface area contributed by atoms with Gasteiger partial charge in [-0.15, -0.1) is 6.42 Å². The number of carbonyl (C=O) groups excluding carboxylic acids is 3. The number of hydrogen-bond donors (Lipinski definition) is 1. The van der Waals surface area contributed by atoms with Gasteiger partial charge in [0.1, 0.15) is 11.2 Å². The molecule has 1 aliphatic carbocycles. The van der Waals surface area contributed by atoms with Gasteiger partial charge >= 0.3 is 5.97 Å². The Morgan fingerprint density at radius 3 is 2.97 bits per heavy atom. The lowest BCUT2D eigenvalue weighted by atomic mass is 9.69. The molecular weight excluding hydrogens is 372 g/mol. The fourth-order valence-corrected chi connectivity index (χ4v) is 4.37. The third kappa shape index (κ3) is 4.21. The maximum atomic E-state index is 13.4. The molecule has 154 valence electrons. The highest BCUT2D eigenvalue weighted by atomic mass is 16.5. The Hall–Kier alpha value is -3.01. The summed E-state index contributed by atoms with van der Waals surface area (Å²) in [6.45, 7) is 0.308. The molecule has 7 heteroatoms. The van der Waals surface area contributed by atoms with Crippen LogP contribution in [-0.2, 0) is 25.7 Å². The molecule has 1 saturated heterocycles. The first kappa shape index (κ1) is 20.7. The van der Waals surface area contributed by atoms with Crippen molar-refractivity contribution in [1.82, 2.24) is 10.2 Å². The summed E-state index contributed by atoms with van der Waals surface area (Å²) < 4.78 is 10.6. The van der Waals surface area contributed by atoms with Gasteiger partial charge < -0.3 is 19.4 Å². The van der Waals surface area contributed by atoms with Gasteiger partial charge in [0.25, 0.3) is 0 Å². The van der Waals surface area contributed by atoms with E-state index in [9.17, 15) is 14.4 Å². The van der Waals surface area contributed by atoms with Crippen LogP contribution in [0.25, 0.3) is 0 Å². The molecule has 1 N–H and O–H groups in total. The molecular formula is C22H26N2O5. The zero-order valence-electron chi connectivity index (χ0n) is 16.6. The molecule has 7 nitrogen and oxygen atoms in total. The molecule has 2 heterocycles. The van der Waals surface area contributed by atoms with Gasteiger partial charge in [0.15, 0.2) is 0 Å². The number of nitrogens with one attached hydrogen (secondary N) is 1. The number of terminal acetylenes is 1. The van der Waals surface area contributed by atoms with Crippen LogP contribution in [0.3, 0.4) is 0 Å². The summed E-state index contributed by atoms with van der Waals surface area (Å²) in [5, 5.41) is 2.61. The number of methoxy groups -OCH3 is 1. The predicted molar refractivity (Wildman–Crippen MR) is 105 cm³/mol. The second kappa shape index (κ2) is 8.99. The Morgan fingerprint density at radius 2 is 2.28 bits per heavy atom. The van der Waals surface area contributed by atoms with Crippen molar-refractivity contribution in [3.8, 4) is 12.3 Å². The lowest BCUT2D eigenvalue weighted by Crippen LogP contribution is -2.53. The zero-order chi connectivity index (χ0) is 20.9. The standard InChI is InChI=1S/C22H26N2O5/c1-3-11-23-19(25)13-16-14-22(21(27)28-2)10-6-4-5-9-18(22)24(20(16)26)15-17-8-7-12-29-17/h1,7-9,12,16H,4-6,10-11,13-15H2,2H3,(H,23,25)/t16-,22+/m1/s1. The minimum absolute atomic E-state index is 0.0266. The van der Waals surface area contributed by atoms with Crippen LogP contribution in [0.5, 0.6) is 0 Å². The van der Waals surface area contributed by atoms with Crippen molar-refractivity contribution in [1.29, 1.82) is 0 Å². The number of allylic oxidation sites excluding steroid dienone is 1. The highest BCUT2D eigenvalue weighted by Crippen LogP contribution is 2.49. The van der Waals surface area contributed by atoms with Gasteiger partial charge in [-0.2, -0.15) is 0 Å². The average molecular weight is 398 g/mol. The van der Waals surface area contributed by atoms with E-state index in [1.807, 2.05) is 6.08 Å². The summed E-state index contributed by atoms with van der Waals surface area (Å²) in [5.74, 6) is 1.46. The van der Waals surface area contributed by atoms with Crippen LogP contribution in [0.4, 0.5) is 0 Å². The first-order valence-corrected chi connectivity index (χ1v) is 9.85. The van der Waals surface area contributed by atoms with Gasteiger partial charge in [-0.3, -0.25) is 14.4 Å². The van der Waals surface area contributed by atoms with Gasteiger partial charge in [-0.05, 0) is 37.8 Å². The Morgan fingerprint density at radius 1 is 1.45 bits per heavy atom. The molecule has 0 radical (unpaired) electrons. The number of amides is 2. The average Bonchev–Trinajstić information content (AvgIpc) is 3.14. The number of rotatable bonds is 6. The number of furan rings is 1. The molecule has 3 rings (SSSR count). The Labute approximate surface area is 170 Å². The summed E-state index contributed by atoms with van der Waals surface area (Å²) in [6.07, 6.45) is 12.1. The minimum Gasteiger partial charge on any atom is -0.468 e. The predicted octanol–water partition coefficient (Wildman–Crippen LogP) is 2.38. The van der Waals surface area contributed by atoms with E-state index in [1.165, 1.54) is 7.11 Å². The molecule has 0 aromatic carbocycles. The molecule has 0 spiro atoms. The van der Waals surface area contributed by atoms with Crippen LogP contribution in [0.15, 0.2) is 34.6 Å². The smallest absolute Gasteiger partial charge is 0.317 e. The summed E-state index contributed by atoms with van der Waals surface area (Å²) in [5.41, 5.74) is -0.272. The number of esters is 1. The minimum atomic E-state index is -0.942. The summed E-state index contributed by atoms with van der Waals surface area (Å²) in [4.78, 5) is 40.2. The summed E-state index contributed by atoms with van der Waals surface area (Å²) in [7, 11) is 1.36. The maximum Gasteiger partial charge on any atom is 0.317 e. The molecule has 0 unspecified atom stereocenters. The van der Waals surface area contributed by atoms with Crippen LogP contribution in [0.2, 0.25) is 0 Å². The lowest BCUT2D eigenvalue weighted by Gasteiger charge is -2.45. The molecule has 0 saturated carbocycles. The fourth-order valence-electron chi connectivity index (χ4n) is 4.37. The number of carbonyl (C=O) groups is 3. The van der Waals surface area contributed by atoms with E-state index in [0.717, 1.165) is 19.3 Å². The van der Waals surface area contributed by atoms with Crippen LogP contribution in [0.1, 0.15) is 44.3 Å². The maximum absolute atomic E-state index is 13.4. The first-order chi connectivity index (χ1) is 14.0. The van der Waals surface area contributed by atoms with Gasteiger partial charge in [0.05, 0.1) is 26.5 Å². The fraction of sp³-hybridized carbons (Fsp3) is 0.500. The third-order valence-electron chi connectivity index (χ3n) is 5.68. The lowest BCUT2D eigenvalue weighted by molar-refractivity contribution is -0.160. The van der Waals surface area contributed by atoms with E-state index in [2.05, 4.69) is 11.2 Å². The van der Waals surface area contributed by atoms with Crippen LogP contribution in [0, 0.1) is 23.7 Å². The second-order valence-electron chi connectivity index (χ2n) is 7.50. The summed E-state index contributed by atoms with van der Waals surface area (Å²) in [6, 6.07) is 3.54. The summed E-state index contributed by atoms with van der Waals surface area (Å²) >= 11 is 0. The molecule has 1 aromatic heterocycles. The van der Waals surface area contributed by atoms with E-state index in [4.69, 9.17) is 15.6 Å². The third-order valence-corrected chi connectivity index (χ3v) is 5.68. The number of likely N-dealkylation sites (tertiary alicyclic amines) is 1. The molecule has 1 aromatic rings. The van der Waals surface area contributed by atoms with E-state index in [1.54, 1.807) is 23.3 Å². The Balaban J connectivity index is 1.98. The molecule has 0 bridgehead atoms. The van der Waals surface area contributed by atoms with Crippen molar-refractivity contribution in [2.45, 2.75) is 45.1 Å². The normalized spacial score (nSPS) is 24.0. The largest absolute Gasteiger partial charge is 0.468 e. The van der Waals surface area contributed by atoms with Crippen molar-refractivity contribution in [2.24, 2.45) is 11.3 Å². The Kier molecular flexibility index (Phi) is 6.42. The van der Waals surface area contributed by atoms with Crippen molar-refractivity contribution in [2.75, 3.05) is 13.7 Å². The van der Waals surface area contributed by atoms with Crippen molar-refractivity contribution in [3.63, 3.8) is 0 Å². The zero-order valence-corrected chi connectivity index (χ0v) is 16.6. The SMILES string of the molecule is C#CCNC(=O)C[C@@H]1C[C@@]2(C(=O)OC)CCCCC=C2N(Cc2ccco2)C1=O. The van der Waals surface area contributed by atoms with E-state index >= 15 is 0 Å². The van der Waals surface area contributed by atoms with E-state index < -0.39 is 11.3 Å². The molecule has 2 amide bonds. The quantitative estimate of drug-likeness (QED) is 0.587. The number of fused-ring (bicyclic) bond motifs is 1. The number of hydrogen-bond acceptors (Lipinski definition) is 5. The highest BCUT2D eigenvalue weighted by molar-refractivity contribution is 5.92. The van der Waals surface area contributed by atoms with Crippen molar-refractivity contribution < 1.29 is 23.5 Å². The topological polar surface area (TPSA) is 88.8 Å². The van der Waals surface area contributed by atoms with Crippen molar-refractivity contribution >= 4 is 17.8 Å². The van der Waals surface area contributed by atoms with E-state index in [-0.39, 0.29) is 43.7 Å². The Bertz CT molecular complexity index is 836. The van der Waals surface area contributed by atoms with E-state index in [0.29, 0.717) is 17.9 Å². The van der Waals surface area contributed by atoms with Crippen LogP contribution in [-0.4, -0.2) is 36.3 Å². The molecule has 1 fully saturated rings. The monoisotopic (exact) mass is 398 g/mol. The highest BCUT2D eigenvalue weighted by Gasteiger charge is 2.53. The van der Waals surface area contributed by atoms with Gasteiger partial charge in [-0.25, -0.2) is 0 Å². The number of nitrogens with zero attached hydrogens (tertiary/aromatic N) is 1. The molecule has 1 aliphatic heterocycles. The number of ether oxygens (including phenoxy) is 1. The second-order valence-corrected chi connectivity index (χ2v) is 7.50. The van der Waals surface area contributed by atoms with Crippen LogP contribution >= 0.6 is 0 Å². The molecule has 29 heavy (non-hydrogen) atoms. The van der Waals surface area contributed by atoms with Gasteiger partial charge in [0.2, 0.25) is 11.8 Å². The first-order valence-electron chi connectivity index (χ1n) is 9.85. The van der Waals surface area contributed by atoms with Gasteiger partial charge in [-0.1, -0.05) is 18.4 Å². The van der Waals surface area contributed by atoms with Crippen molar-refractivity contribution in [3.05, 3.63) is 35.9 Å². The molecule has 2 atom stereocenters.